The third kappa shape index (κ3) is 2.29. The summed E-state index contributed by atoms with van der Waals surface area (Å²) in [6.07, 6.45) is 6.34. The first-order valence-electron chi connectivity index (χ1n) is 6.48. The summed E-state index contributed by atoms with van der Waals surface area (Å²) in [6.45, 7) is 5.09. The molecule has 3 nitrogen and oxygen atoms in total. The van der Waals surface area contributed by atoms with Gasteiger partial charge in [-0.2, -0.15) is 5.10 Å². The zero-order chi connectivity index (χ0) is 11.5. The number of hydrogen-bond donors (Lipinski definition) is 2. The Morgan fingerprint density at radius 1 is 1.38 bits per heavy atom. The molecule has 1 saturated carbocycles. The smallest absolute Gasteiger partial charge is 0.0700 e. The average Bonchev–Trinajstić information content (AvgIpc) is 2.84. The standard InChI is InChI=1S/C13H23N3/c1-9(2)7-12-11(8-14)13(16-15-12)10-5-3-4-6-10/h9-10H,3-8,14H2,1-2H3,(H,15,16). The van der Waals surface area contributed by atoms with Gasteiger partial charge in [-0.15, -0.1) is 0 Å². The lowest BCUT2D eigenvalue weighted by Crippen LogP contribution is -2.06. The predicted octanol–water partition coefficient (Wildman–Crippen LogP) is 2.72. The first-order valence-corrected chi connectivity index (χ1v) is 6.48. The summed E-state index contributed by atoms with van der Waals surface area (Å²) in [4.78, 5) is 0. The monoisotopic (exact) mass is 221 g/mol. The molecule has 1 heterocycles. The minimum atomic E-state index is 0.629. The van der Waals surface area contributed by atoms with E-state index >= 15 is 0 Å². The molecule has 0 spiro atoms. The van der Waals surface area contributed by atoms with Crippen molar-refractivity contribution in [3.05, 3.63) is 17.0 Å². The Labute approximate surface area is 97.8 Å². The number of rotatable bonds is 4. The highest BCUT2D eigenvalue weighted by Crippen LogP contribution is 2.35. The van der Waals surface area contributed by atoms with Crippen LogP contribution >= 0.6 is 0 Å². The van der Waals surface area contributed by atoms with Gasteiger partial charge in [0.2, 0.25) is 0 Å². The average molecular weight is 221 g/mol. The van der Waals surface area contributed by atoms with E-state index in [1.165, 1.54) is 42.6 Å². The quantitative estimate of drug-likeness (QED) is 0.821. The molecule has 1 aromatic rings. The largest absolute Gasteiger partial charge is 0.326 e. The fourth-order valence-corrected chi connectivity index (χ4v) is 2.76. The summed E-state index contributed by atoms with van der Waals surface area (Å²) in [7, 11) is 0. The van der Waals surface area contributed by atoms with E-state index in [1.54, 1.807) is 0 Å². The third-order valence-corrected chi connectivity index (χ3v) is 3.54. The van der Waals surface area contributed by atoms with E-state index in [-0.39, 0.29) is 0 Å². The van der Waals surface area contributed by atoms with E-state index in [2.05, 4.69) is 24.0 Å². The Bertz CT molecular complexity index is 335. The Hall–Kier alpha value is -0.830. The zero-order valence-electron chi connectivity index (χ0n) is 10.4. The summed E-state index contributed by atoms with van der Waals surface area (Å²) < 4.78 is 0. The maximum Gasteiger partial charge on any atom is 0.0700 e. The van der Waals surface area contributed by atoms with Crippen molar-refractivity contribution < 1.29 is 0 Å². The molecule has 1 fully saturated rings. The number of hydrogen-bond acceptors (Lipinski definition) is 2. The highest BCUT2D eigenvalue weighted by molar-refractivity contribution is 5.29. The third-order valence-electron chi connectivity index (χ3n) is 3.54. The Morgan fingerprint density at radius 3 is 2.62 bits per heavy atom. The molecule has 0 aromatic carbocycles. The molecule has 1 aliphatic carbocycles. The van der Waals surface area contributed by atoms with Gasteiger partial charge in [-0.05, 0) is 25.2 Å². The zero-order valence-corrected chi connectivity index (χ0v) is 10.4. The molecule has 90 valence electrons. The minimum Gasteiger partial charge on any atom is -0.326 e. The molecule has 3 N–H and O–H groups in total. The topological polar surface area (TPSA) is 54.7 Å². The maximum atomic E-state index is 5.88. The van der Waals surface area contributed by atoms with Crippen LogP contribution in [-0.2, 0) is 13.0 Å². The van der Waals surface area contributed by atoms with Crippen LogP contribution in [0.25, 0.3) is 0 Å². The van der Waals surface area contributed by atoms with E-state index < -0.39 is 0 Å². The number of nitrogens with zero attached hydrogens (tertiary/aromatic N) is 1. The van der Waals surface area contributed by atoms with E-state index in [4.69, 9.17) is 5.73 Å². The number of nitrogens with two attached hydrogens (primary N) is 1. The van der Waals surface area contributed by atoms with Crippen LogP contribution in [0.4, 0.5) is 0 Å². The van der Waals surface area contributed by atoms with Gasteiger partial charge in [0.1, 0.15) is 0 Å². The SMILES string of the molecule is CC(C)Cc1[nH]nc(C2CCCC2)c1CN. The summed E-state index contributed by atoms with van der Waals surface area (Å²) >= 11 is 0. The molecule has 0 bridgehead atoms. The van der Waals surface area contributed by atoms with Crippen LogP contribution in [0, 0.1) is 5.92 Å². The number of nitrogens with one attached hydrogen (secondary N) is 1. The predicted molar refractivity (Wildman–Crippen MR) is 66.2 cm³/mol. The van der Waals surface area contributed by atoms with Gasteiger partial charge in [0.15, 0.2) is 0 Å². The second-order valence-corrected chi connectivity index (χ2v) is 5.35. The van der Waals surface area contributed by atoms with Crippen LogP contribution in [0.15, 0.2) is 0 Å². The lowest BCUT2D eigenvalue weighted by molar-refractivity contribution is 0.629. The molecular formula is C13H23N3. The van der Waals surface area contributed by atoms with Crippen LogP contribution in [0.1, 0.15) is 62.4 Å². The van der Waals surface area contributed by atoms with Gasteiger partial charge in [-0.1, -0.05) is 26.7 Å². The first kappa shape index (κ1) is 11.6. The van der Waals surface area contributed by atoms with Crippen LogP contribution < -0.4 is 5.73 Å². The molecule has 0 saturated heterocycles. The van der Waals surface area contributed by atoms with E-state index in [1.807, 2.05) is 0 Å². The van der Waals surface area contributed by atoms with Crippen molar-refractivity contribution >= 4 is 0 Å². The lowest BCUT2D eigenvalue weighted by Gasteiger charge is -2.09. The van der Waals surface area contributed by atoms with Crippen molar-refractivity contribution in [1.29, 1.82) is 0 Å². The summed E-state index contributed by atoms with van der Waals surface area (Å²) in [5.74, 6) is 1.32. The second-order valence-electron chi connectivity index (χ2n) is 5.35. The summed E-state index contributed by atoms with van der Waals surface area (Å²) in [5.41, 5.74) is 9.69. The summed E-state index contributed by atoms with van der Waals surface area (Å²) in [5, 5.41) is 7.72. The summed E-state index contributed by atoms with van der Waals surface area (Å²) in [6, 6.07) is 0. The van der Waals surface area contributed by atoms with Crippen molar-refractivity contribution in [2.45, 2.75) is 58.4 Å². The van der Waals surface area contributed by atoms with Gasteiger partial charge >= 0.3 is 0 Å². The van der Waals surface area contributed by atoms with Crippen LogP contribution in [-0.4, -0.2) is 10.2 Å². The van der Waals surface area contributed by atoms with Crippen molar-refractivity contribution in [2.75, 3.05) is 0 Å². The van der Waals surface area contributed by atoms with Crippen molar-refractivity contribution in [3.8, 4) is 0 Å². The molecule has 0 amide bonds. The Balaban J connectivity index is 2.21. The van der Waals surface area contributed by atoms with Crippen LogP contribution in [0.3, 0.4) is 0 Å². The molecule has 3 heteroatoms. The Morgan fingerprint density at radius 2 is 2.06 bits per heavy atom. The highest BCUT2D eigenvalue weighted by Gasteiger charge is 2.23. The lowest BCUT2D eigenvalue weighted by atomic mass is 9.96. The molecule has 1 aromatic heterocycles. The van der Waals surface area contributed by atoms with Gasteiger partial charge in [-0.3, -0.25) is 5.10 Å². The van der Waals surface area contributed by atoms with Crippen molar-refractivity contribution in [1.82, 2.24) is 10.2 Å². The van der Waals surface area contributed by atoms with Gasteiger partial charge < -0.3 is 5.73 Å². The molecule has 1 aliphatic rings. The fraction of sp³-hybridized carbons (Fsp3) is 0.769. The van der Waals surface area contributed by atoms with Gasteiger partial charge in [0.25, 0.3) is 0 Å². The van der Waals surface area contributed by atoms with E-state index in [9.17, 15) is 0 Å². The number of aromatic amines is 1. The minimum absolute atomic E-state index is 0.629. The van der Waals surface area contributed by atoms with Crippen molar-refractivity contribution in [2.24, 2.45) is 11.7 Å². The molecular weight excluding hydrogens is 198 g/mol. The fourth-order valence-electron chi connectivity index (χ4n) is 2.76. The van der Waals surface area contributed by atoms with Gasteiger partial charge in [-0.25, -0.2) is 0 Å². The molecule has 0 atom stereocenters. The molecule has 0 aliphatic heterocycles. The van der Waals surface area contributed by atoms with Crippen molar-refractivity contribution in [3.63, 3.8) is 0 Å². The van der Waals surface area contributed by atoms with Crippen LogP contribution in [0.2, 0.25) is 0 Å². The van der Waals surface area contributed by atoms with Gasteiger partial charge in [0, 0.05) is 23.7 Å². The first-order chi connectivity index (χ1) is 7.72. The van der Waals surface area contributed by atoms with E-state index in [0.717, 1.165) is 6.42 Å². The number of H-pyrrole nitrogens is 1. The molecule has 0 radical (unpaired) electrons. The Kier molecular flexibility index (Phi) is 3.64. The van der Waals surface area contributed by atoms with Gasteiger partial charge in [0.05, 0.1) is 5.69 Å². The molecule has 16 heavy (non-hydrogen) atoms. The normalized spacial score (nSPS) is 17.5. The molecule has 0 unspecified atom stereocenters. The van der Waals surface area contributed by atoms with Crippen LogP contribution in [0.5, 0.6) is 0 Å². The van der Waals surface area contributed by atoms with E-state index in [0.29, 0.717) is 18.4 Å². The maximum absolute atomic E-state index is 5.88. The second kappa shape index (κ2) is 5.00. The molecule has 2 rings (SSSR count). The highest BCUT2D eigenvalue weighted by atomic mass is 15.1. The number of aromatic nitrogens is 2.